The van der Waals surface area contributed by atoms with E-state index in [4.69, 9.17) is 9.47 Å². The van der Waals surface area contributed by atoms with Gasteiger partial charge < -0.3 is 14.8 Å². The molecular weight excluding hydrogens is 334 g/mol. The van der Waals surface area contributed by atoms with Crippen molar-refractivity contribution in [2.75, 3.05) is 18.5 Å². The maximum atomic E-state index is 6.13. The predicted octanol–water partition coefficient (Wildman–Crippen LogP) is 6.53. The van der Waals surface area contributed by atoms with Gasteiger partial charge in [0.15, 0.2) is 0 Å². The van der Waals surface area contributed by atoms with Crippen LogP contribution in [0.15, 0.2) is 42.5 Å². The quantitative estimate of drug-likeness (QED) is 0.431. The highest BCUT2D eigenvalue weighted by Gasteiger charge is 2.08. The van der Waals surface area contributed by atoms with Crippen molar-refractivity contribution in [3.05, 3.63) is 53.6 Å². The summed E-state index contributed by atoms with van der Waals surface area (Å²) in [5.41, 5.74) is 3.44. The third-order valence-corrected chi connectivity index (χ3v) is 4.69. The Labute approximate surface area is 165 Å². The highest BCUT2D eigenvalue weighted by atomic mass is 16.5. The Bertz CT molecular complexity index is 646. The first-order valence-corrected chi connectivity index (χ1v) is 10.3. The molecule has 2 aromatic rings. The Kier molecular flexibility index (Phi) is 9.03. The summed E-state index contributed by atoms with van der Waals surface area (Å²) in [5, 5.41) is 3.44. The first kappa shape index (κ1) is 21.1. The van der Waals surface area contributed by atoms with Crippen molar-refractivity contribution in [3.8, 4) is 11.5 Å². The summed E-state index contributed by atoms with van der Waals surface area (Å²) < 4.78 is 11.9. The van der Waals surface area contributed by atoms with Crippen LogP contribution >= 0.6 is 0 Å². The number of ether oxygens (including phenoxy) is 2. The molecule has 0 bridgehead atoms. The zero-order chi connectivity index (χ0) is 19.5. The van der Waals surface area contributed by atoms with Gasteiger partial charge >= 0.3 is 0 Å². The maximum absolute atomic E-state index is 6.13. The van der Waals surface area contributed by atoms with Crippen LogP contribution in [0, 0.1) is 13.8 Å². The average molecular weight is 370 g/mol. The van der Waals surface area contributed by atoms with Gasteiger partial charge in [0.05, 0.1) is 13.2 Å². The second-order valence-electron chi connectivity index (χ2n) is 7.32. The van der Waals surface area contributed by atoms with Crippen molar-refractivity contribution in [3.63, 3.8) is 0 Å². The highest BCUT2D eigenvalue weighted by Crippen LogP contribution is 2.24. The number of rotatable bonds is 12. The van der Waals surface area contributed by atoms with E-state index in [2.05, 4.69) is 63.3 Å². The summed E-state index contributed by atoms with van der Waals surface area (Å²) in [4.78, 5) is 0. The molecule has 0 aromatic heterocycles. The van der Waals surface area contributed by atoms with E-state index in [1.165, 1.54) is 36.8 Å². The van der Waals surface area contributed by atoms with Crippen LogP contribution in [0.1, 0.15) is 57.1 Å². The molecule has 1 atom stereocenters. The SMILES string of the molecule is CCCCCCCOc1ccc(NCC(C)Oc2c(C)cccc2C)cc1. The van der Waals surface area contributed by atoms with Crippen molar-refractivity contribution in [1.29, 1.82) is 0 Å². The zero-order valence-corrected chi connectivity index (χ0v) is 17.4. The topological polar surface area (TPSA) is 30.5 Å². The third-order valence-electron chi connectivity index (χ3n) is 4.69. The van der Waals surface area contributed by atoms with Gasteiger partial charge in [-0.3, -0.25) is 0 Å². The van der Waals surface area contributed by atoms with Gasteiger partial charge in [0.25, 0.3) is 0 Å². The van der Waals surface area contributed by atoms with E-state index in [1.54, 1.807) is 0 Å². The molecule has 0 spiro atoms. The molecule has 1 unspecified atom stereocenters. The fourth-order valence-electron chi connectivity index (χ4n) is 3.05. The van der Waals surface area contributed by atoms with Gasteiger partial charge in [0.2, 0.25) is 0 Å². The molecule has 0 aliphatic carbocycles. The Morgan fingerprint density at radius 3 is 2.22 bits per heavy atom. The van der Waals surface area contributed by atoms with Gasteiger partial charge in [-0.1, -0.05) is 50.8 Å². The molecule has 0 aliphatic rings. The van der Waals surface area contributed by atoms with Crippen molar-refractivity contribution in [1.82, 2.24) is 0 Å². The smallest absolute Gasteiger partial charge is 0.125 e. The largest absolute Gasteiger partial charge is 0.494 e. The highest BCUT2D eigenvalue weighted by molar-refractivity contribution is 5.46. The molecular formula is C24H35NO2. The minimum atomic E-state index is 0.0869. The summed E-state index contributed by atoms with van der Waals surface area (Å²) >= 11 is 0. The number of aryl methyl sites for hydroxylation is 2. The zero-order valence-electron chi connectivity index (χ0n) is 17.4. The van der Waals surface area contributed by atoms with Crippen molar-refractivity contribution in [2.45, 2.75) is 65.9 Å². The van der Waals surface area contributed by atoms with E-state index < -0.39 is 0 Å². The lowest BCUT2D eigenvalue weighted by atomic mass is 10.1. The number of hydrogen-bond donors (Lipinski definition) is 1. The lowest BCUT2D eigenvalue weighted by Gasteiger charge is -2.19. The monoisotopic (exact) mass is 369 g/mol. The number of nitrogens with one attached hydrogen (secondary N) is 1. The molecule has 0 aliphatic heterocycles. The summed E-state index contributed by atoms with van der Waals surface area (Å²) in [6, 6.07) is 14.4. The van der Waals surface area contributed by atoms with Gasteiger partial charge in [-0.15, -0.1) is 0 Å². The van der Waals surface area contributed by atoms with Gasteiger partial charge in [0.1, 0.15) is 17.6 Å². The average Bonchev–Trinajstić information content (AvgIpc) is 2.67. The minimum absolute atomic E-state index is 0.0869. The standard InChI is InChI=1S/C24H35NO2/c1-5-6-7-8-9-17-26-23-15-13-22(14-16-23)25-18-21(4)27-24-19(2)11-10-12-20(24)3/h10-16,21,25H,5-9,17-18H2,1-4H3. The first-order valence-electron chi connectivity index (χ1n) is 10.3. The minimum Gasteiger partial charge on any atom is -0.494 e. The number of hydrogen-bond acceptors (Lipinski definition) is 3. The van der Waals surface area contributed by atoms with E-state index >= 15 is 0 Å². The lowest BCUT2D eigenvalue weighted by Crippen LogP contribution is -2.23. The lowest BCUT2D eigenvalue weighted by molar-refractivity contribution is 0.231. The number of anilines is 1. The molecule has 0 saturated carbocycles. The Morgan fingerprint density at radius 2 is 1.56 bits per heavy atom. The van der Waals surface area contributed by atoms with Gasteiger partial charge in [-0.25, -0.2) is 0 Å². The summed E-state index contributed by atoms with van der Waals surface area (Å²) in [6.07, 6.45) is 6.39. The van der Waals surface area contributed by atoms with Crippen molar-refractivity contribution in [2.24, 2.45) is 0 Å². The summed E-state index contributed by atoms with van der Waals surface area (Å²) in [6.45, 7) is 10.1. The van der Waals surface area contributed by atoms with Crippen LogP contribution in [0.5, 0.6) is 11.5 Å². The van der Waals surface area contributed by atoms with Gasteiger partial charge in [-0.05, 0) is 62.6 Å². The van der Waals surface area contributed by atoms with Crippen LogP contribution in [-0.2, 0) is 0 Å². The molecule has 0 radical (unpaired) electrons. The number of benzene rings is 2. The second kappa shape index (κ2) is 11.5. The molecule has 27 heavy (non-hydrogen) atoms. The van der Waals surface area contributed by atoms with Gasteiger partial charge in [0, 0.05) is 5.69 Å². The number of unbranched alkanes of at least 4 members (excludes halogenated alkanes) is 4. The van der Waals surface area contributed by atoms with Crippen LogP contribution in [0.2, 0.25) is 0 Å². The summed E-state index contributed by atoms with van der Waals surface area (Å²) in [7, 11) is 0. The fourth-order valence-corrected chi connectivity index (χ4v) is 3.05. The Balaban J connectivity index is 1.71. The van der Waals surface area contributed by atoms with E-state index in [0.717, 1.165) is 36.8 Å². The third kappa shape index (κ3) is 7.54. The van der Waals surface area contributed by atoms with Crippen LogP contribution in [0.4, 0.5) is 5.69 Å². The van der Waals surface area contributed by atoms with E-state index in [-0.39, 0.29) is 6.10 Å². The molecule has 0 fully saturated rings. The molecule has 2 aromatic carbocycles. The fraction of sp³-hybridized carbons (Fsp3) is 0.500. The molecule has 3 nitrogen and oxygen atoms in total. The molecule has 0 saturated heterocycles. The van der Waals surface area contributed by atoms with Gasteiger partial charge in [-0.2, -0.15) is 0 Å². The predicted molar refractivity (Wildman–Crippen MR) is 115 cm³/mol. The van der Waals surface area contributed by atoms with E-state index in [0.29, 0.717) is 0 Å². The molecule has 3 heteroatoms. The maximum Gasteiger partial charge on any atom is 0.125 e. The van der Waals surface area contributed by atoms with Crippen LogP contribution in [0.25, 0.3) is 0 Å². The van der Waals surface area contributed by atoms with Crippen molar-refractivity contribution < 1.29 is 9.47 Å². The van der Waals surface area contributed by atoms with E-state index in [1.807, 2.05) is 12.1 Å². The first-order chi connectivity index (χ1) is 13.1. The van der Waals surface area contributed by atoms with Crippen LogP contribution in [0.3, 0.4) is 0 Å². The molecule has 0 amide bonds. The van der Waals surface area contributed by atoms with Crippen LogP contribution in [-0.4, -0.2) is 19.3 Å². The van der Waals surface area contributed by atoms with E-state index in [9.17, 15) is 0 Å². The van der Waals surface area contributed by atoms with Crippen LogP contribution < -0.4 is 14.8 Å². The number of para-hydroxylation sites is 1. The Morgan fingerprint density at radius 1 is 0.889 bits per heavy atom. The molecule has 1 N–H and O–H groups in total. The normalized spacial score (nSPS) is 11.9. The Hall–Kier alpha value is -2.16. The molecule has 2 rings (SSSR count). The molecule has 0 heterocycles. The second-order valence-corrected chi connectivity index (χ2v) is 7.32. The van der Waals surface area contributed by atoms with Crippen molar-refractivity contribution >= 4 is 5.69 Å². The molecule has 148 valence electrons. The summed E-state index contributed by atoms with van der Waals surface area (Å²) in [5.74, 6) is 1.94.